The van der Waals surface area contributed by atoms with Gasteiger partial charge in [-0.25, -0.2) is 0 Å². The van der Waals surface area contributed by atoms with Crippen LogP contribution in [0.1, 0.15) is 44.1 Å². The van der Waals surface area contributed by atoms with Gasteiger partial charge in [0.25, 0.3) is 0 Å². The zero-order chi connectivity index (χ0) is 13.8. The number of ether oxygens (including phenoxy) is 2. The van der Waals surface area contributed by atoms with E-state index in [1.165, 1.54) is 44.1 Å². The van der Waals surface area contributed by atoms with Crippen molar-refractivity contribution >= 4 is 0 Å². The zero-order valence-corrected chi connectivity index (χ0v) is 12.4. The smallest absolute Gasteiger partial charge is 0.118 e. The number of hydrogen-bond donors (Lipinski definition) is 1. The van der Waals surface area contributed by atoms with Gasteiger partial charge in [0, 0.05) is 12.6 Å². The highest BCUT2D eigenvalue weighted by molar-refractivity contribution is 5.26. The molecule has 20 heavy (non-hydrogen) atoms. The van der Waals surface area contributed by atoms with E-state index in [0.29, 0.717) is 6.61 Å². The molecule has 0 spiro atoms. The summed E-state index contributed by atoms with van der Waals surface area (Å²) in [5.41, 5.74) is 1.30. The second kappa shape index (κ2) is 6.15. The molecule has 0 radical (unpaired) electrons. The molecule has 2 fully saturated rings. The molecule has 2 saturated carbocycles. The first kappa shape index (κ1) is 13.9. The molecular formula is C17H25NO2. The van der Waals surface area contributed by atoms with Crippen LogP contribution in [0.25, 0.3) is 0 Å². The first-order valence-electron chi connectivity index (χ1n) is 7.80. The second-order valence-electron chi connectivity index (χ2n) is 6.18. The molecule has 0 bridgehead atoms. The van der Waals surface area contributed by atoms with E-state index in [4.69, 9.17) is 9.47 Å². The maximum Gasteiger partial charge on any atom is 0.118 e. The van der Waals surface area contributed by atoms with Gasteiger partial charge in [-0.1, -0.05) is 25.0 Å². The van der Waals surface area contributed by atoms with E-state index in [1.54, 1.807) is 7.11 Å². The van der Waals surface area contributed by atoms with Crippen LogP contribution in [-0.4, -0.2) is 25.3 Å². The SMILES string of the molecule is COc1ccc(COC2(CNC3CC3)CCCC2)cc1. The molecule has 0 unspecified atom stereocenters. The summed E-state index contributed by atoms with van der Waals surface area (Å²) in [5, 5.41) is 3.65. The molecule has 3 heteroatoms. The molecule has 3 nitrogen and oxygen atoms in total. The van der Waals surface area contributed by atoms with Gasteiger partial charge < -0.3 is 14.8 Å². The van der Waals surface area contributed by atoms with Crippen molar-refractivity contribution in [3.05, 3.63) is 29.8 Å². The number of rotatable bonds is 7. The highest BCUT2D eigenvalue weighted by atomic mass is 16.5. The highest BCUT2D eigenvalue weighted by Gasteiger charge is 2.36. The molecule has 1 aromatic carbocycles. The van der Waals surface area contributed by atoms with E-state index in [2.05, 4.69) is 17.4 Å². The van der Waals surface area contributed by atoms with Crippen molar-refractivity contribution in [1.82, 2.24) is 5.32 Å². The van der Waals surface area contributed by atoms with Crippen molar-refractivity contribution in [3.8, 4) is 5.75 Å². The fourth-order valence-electron chi connectivity index (χ4n) is 2.97. The third kappa shape index (κ3) is 3.53. The monoisotopic (exact) mass is 275 g/mol. The molecule has 0 aliphatic heterocycles. The molecule has 0 saturated heterocycles. The van der Waals surface area contributed by atoms with Gasteiger partial charge in [-0.15, -0.1) is 0 Å². The van der Waals surface area contributed by atoms with E-state index in [9.17, 15) is 0 Å². The van der Waals surface area contributed by atoms with Crippen molar-refractivity contribution in [2.45, 2.75) is 56.8 Å². The summed E-state index contributed by atoms with van der Waals surface area (Å²) in [7, 11) is 1.70. The highest BCUT2D eigenvalue weighted by Crippen LogP contribution is 2.34. The largest absolute Gasteiger partial charge is 0.497 e. The molecule has 1 N–H and O–H groups in total. The van der Waals surface area contributed by atoms with Gasteiger partial charge in [0.1, 0.15) is 5.75 Å². The van der Waals surface area contributed by atoms with Crippen LogP contribution in [-0.2, 0) is 11.3 Å². The van der Waals surface area contributed by atoms with Crippen LogP contribution in [0.2, 0.25) is 0 Å². The van der Waals surface area contributed by atoms with Gasteiger partial charge in [-0.3, -0.25) is 0 Å². The fourth-order valence-corrected chi connectivity index (χ4v) is 2.97. The van der Waals surface area contributed by atoms with Crippen molar-refractivity contribution in [1.29, 1.82) is 0 Å². The van der Waals surface area contributed by atoms with E-state index in [0.717, 1.165) is 18.3 Å². The van der Waals surface area contributed by atoms with Crippen LogP contribution in [0, 0.1) is 0 Å². The predicted octanol–water partition coefficient (Wildman–Crippen LogP) is 3.28. The third-order valence-corrected chi connectivity index (χ3v) is 4.51. The maximum absolute atomic E-state index is 6.33. The van der Waals surface area contributed by atoms with Crippen LogP contribution in [0.15, 0.2) is 24.3 Å². The second-order valence-corrected chi connectivity index (χ2v) is 6.18. The summed E-state index contributed by atoms with van der Waals surface area (Å²) in [5.74, 6) is 0.903. The Hall–Kier alpha value is -1.06. The normalized spacial score (nSPS) is 21.1. The molecule has 3 rings (SSSR count). The Morgan fingerprint density at radius 1 is 1.15 bits per heavy atom. The third-order valence-electron chi connectivity index (χ3n) is 4.51. The summed E-state index contributed by atoms with van der Waals surface area (Å²) in [6.45, 7) is 1.73. The first-order chi connectivity index (χ1) is 9.80. The van der Waals surface area contributed by atoms with Crippen LogP contribution in [0.4, 0.5) is 0 Å². The van der Waals surface area contributed by atoms with Crippen LogP contribution < -0.4 is 10.1 Å². The molecule has 0 aromatic heterocycles. The lowest BCUT2D eigenvalue weighted by Gasteiger charge is -2.30. The van der Waals surface area contributed by atoms with Gasteiger partial charge in [-0.2, -0.15) is 0 Å². The van der Waals surface area contributed by atoms with Crippen LogP contribution >= 0.6 is 0 Å². The van der Waals surface area contributed by atoms with Gasteiger partial charge in [-0.05, 0) is 43.4 Å². The topological polar surface area (TPSA) is 30.5 Å². The molecule has 1 aromatic rings. The van der Waals surface area contributed by atoms with Gasteiger partial charge in [0.05, 0.1) is 19.3 Å². The fraction of sp³-hybridized carbons (Fsp3) is 0.647. The molecule has 0 heterocycles. The van der Waals surface area contributed by atoms with E-state index in [1.807, 2.05) is 12.1 Å². The first-order valence-corrected chi connectivity index (χ1v) is 7.80. The number of benzene rings is 1. The Bertz CT molecular complexity index is 419. The van der Waals surface area contributed by atoms with Crippen molar-refractivity contribution in [2.24, 2.45) is 0 Å². The lowest BCUT2D eigenvalue weighted by molar-refractivity contribution is -0.0506. The zero-order valence-electron chi connectivity index (χ0n) is 12.4. The Balaban J connectivity index is 1.55. The van der Waals surface area contributed by atoms with E-state index >= 15 is 0 Å². The van der Waals surface area contributed by atoms with E-state index in [-0.39, 0.29) is 5.60 Å². The standard InChI is InChI=1S/C17H25NO2/c1-19-16-8-4-14(5-9-16)12-20-17(10-2-3-11-17)13-18-15-6-7-15/h4-5,8-9,15,18H,2-3,6-7,10-13H2,1H3. The quantitative estimate of drug-likeness (QED) is 0.828. The minimum Gasteiger partial charge on any atom is -0.497 e. The Labute approximate surface area is 121 Å². The van der Waals surface area contributed by atoms with E-state index < -0.39 is 0 Å². The lowest BCUT2D eigenvalue weighted by Crippen LogP contribution is -2.41. The van der Waals surface area contributed by atoms with Crippen molar-refractivity contribution < 1.29 is 9.47 Å². The lowest BCUT2D eigenvalue weighted by atomic mass is 10.0. The summed E-state index contributed by atoms with van der Waals surface area (Å²) in [6, 6.07) is 8.95. The average molecular weight is 275 g/mol. The molecule has 2 aliphatic rings. The molecular weight excluding hydrogens is 250 g/mol. The molecule has 0 atom stereocenters. The van der Waals surface area contributed by atoms with Crippen LogP contribution in [0.3, 0.4) is 0 Å². The Morgan fingerprint density at radius 3 is 2.45 bits per heavy atom. The van der Waals surface area contributed by atoms with Gasteiger partial charge in [0.2, 0.25) is 0 Å². The summed E-state index contributed by atoms with van der Waals surface area (Å²) >= 11 is 0. The minimum absolute atomic E-state index is 0.0719. The summed E-state index contributed by atoms with van der Waals surface area (Å²) in [6.07, 6.45) is 7.68. The molecule has 110 valence electrons. The number of methoxy groups -OCH3 is 1. The Kier molecular flexibility index (Phi) is 4.27. The number of hydrogen-bond acceptors (Lipinski definition) is 3. The van der Waals surface area contributed by atoms with Gasteiger partial charge in [0.15, 0.2) is 0 Å². The maximum atomic E-state index is 6.33. The predicted molar refractivity (Wildman–Crippen MR) is 80.0 cm³/mol. The summed E-state index contributed by atoms with van der Waals surface area (Å²) in [4.78, 5) is 0. The average Bonchev–Trinajstić information content (AvgIpc) is 3.22. The minimum atomic E-state index is 0.0719. The Morgan fingerprint density at radius 2 is 1.85 bits per heavy atom. The van der Waals surface area contributed by atoms with Crippen molar-refractivity contribution in [3.63, 3.8) is 0 Å². The molecule has 0 amide bonds. The van der Waals surface area contributed by atoms with Gasteiger partial charge >= 0.3 is 0 Å². The summed E-state index contributed by atoms with van der Waals surface area (Å²) < 4.78 is 11.5. The van der Waals surface area contributed by atoms with Crippen molar-refractivity contribution in [2.75, 3.05) is 13.7 Å². The molecule has 2 aliphatic carbocycles. The number of nitrogens with one attached hydrogen (secondary N) is 1. The van der Waals surface area contributed by atoms with Crippen LogP contribution in [0.5, 0.6) is 5.75 Å².